The number of aromatic amines is 1. The highest BCUT2D eigenvalue weighted by molar-refractivity contribution is 5.85. The Morgan fingerprint density at radius 2 is 1.91 bits per heavy atom. The van der Waals surface area contributed by atoms with Crippen molar-refractivity contribution in [1.29, 1.82) is 5.26 Å². The summed E-state index contributed by atoms with van der Waals surface area (Å²) in [6.07, 6.45) is 0. The summed E-state index contributed by atoms with van der Waals surface area (Å²) in [4.78, 5) is 0. The highest BCUT2D eigenvalue weighted by Crippen LogP contribution is 2.44. The first-order chi connectivity index (χ1) is 16.6. The minimum Gasteiger partial charge on any atom is -0.490 e. The average molecular weight is 453 g/mol. The number of H-pyrrole nitrogens is 1. The van der Waals surface area contributed by atoms with Crippen LogP contribution in [0.25, 0.3) is 10.8 Å². The molecule has 4 aromatic rings. The van der Waals surface area contributed by atoms with E-state index in [1.54, 1.807) is 0 Å². The van der Waals surface area contributed by atoms with Crippen molar-refractivity contribution in [3.8, 4) is 23.4 Å². The predicted octanol–water partition coefficient (Wildman–Crippen LogP) is 5.07. The first kappa shape index (κ1) is 21.4. The molecule has 3 N–H and O–H groups in total. The number of hydrogen-bond acceptors (Lipinski definition) is 6. The number of fused-ring (bicyclic) bond motifs is 2. The molecule has 1 aliphatic heterocycles. The number of nitriles is 1. The van der Waals surface area contributed by atoms with Crippen LogP contribution in [0.3, 0.4) is 0 Å². The Kier molecular flexibility index (Phi) is 5.56. The molecule has 2 heterocycles. The van der Waals surface area contributed by atoms with E-state index in [1.165, 1.54) is 5.39 Å². The van der Waals surface area contributed by atoms with E-state index in [9.17, 15) is 5.26 Å². The number of nitrogens with two attached hydrogens (primary N) is 1. The number of aromatic nitrogens is 2. The van der Waals surface area contributed by atoms with E-state index < -0.39 is 5.92 Å². The molecule has 1 aromatic heterocycles. The van der Waals surface area contributed by atoms with Gasteiger partial charge in [0.2, 0.25) is 11.8 Å². The van der Waals surface area contributed by atoms with E-state index in [0.717, 1.165) is 27.8 Å². The lowest BCUT2D eigenvalue weighted by atomic mass is 9.84. The molecule has 34 heavy (non-hydrogen) atoms. The van der Waals surface area contributed by atoms with Gasteiger partial charge in [0.1, 0.15) is 18.2 Å². The second kappa shape index (κ2) is 8.83. The fraction of sp³-hybridized carbons (Fsp3) is 0.185. The summed E-state index contributed by atoms with van der Waals surface area (Å²) >= 11 is 0. The van der Waals surface area contributed by atoms with Crippen molar-refractivity contribution in [2.24, 2.45) is 5.73 Å². The molecule has 0 unspecified atom stereocenters. The minimum absolute atomic E-state index is 0.0562. The zero-order valence-electron chi connectivity index (χ0n) is 19.0. The molecule has 0 saturated heterocycles. The Hall–Kier alpha value is -4.44. The number of ether oxygens (including phenoxy) is 3. The Morgan fingerprint density at radius 1 is 1.09 bits per heavy atom. The lowest BCUT2D eigenvalue weighted by Crippen LogP contribution is -2.21. The summed E-state index contributed by atoms with van der Waals surface area (Å²) in [6, 6.07) is 22.3. The number of nitrogens with one attached hydrogen (secondary N) is 1. The number of allylic oxidation sites excluding steroid dienone is 1. The minimum atomic E-state index is -0.418. The zero-order valence-corrected chi connectivity index (χ0v) is 19.0. The number of rotatable bonds is 6. The zero-order chi connectivity index (χ0) is 23.7. The molecular formula is C27H24N4O3. The highest BCUT2D eigenvalue weighted by Gasteiger charge is 2.34. The van der Waals surface area contributed by atoms with Crippen LogP contribution in [0.2, 0.25) is 0 Å². The monoisotopic (exact) mass is 452 g/mol. The number of benzene rings is 3. The van der Waals surface area contributed by atoms with Crippen LogP contribution in [-0.4, -0.2) is 16.8 Å². The third-order valence-corrected chi connectivity index (χ3v) is 5.99. The van der Waals surface area contributed by atoms with Gasteiger partial charge in [-0.2, -0.15) is 5.26 Å². The van der Waals surface area contributed by atoms with Crippen molar-refractivity contribution in [1.82, 2.24) is 10.2 Å². The van der Waals surface area contributed by atoms with Crippen LogP contribution in [0, 0.1) is 18.3 Å². The highest BCUT2D eigenvalue weighted by atomic mass is 16.5. The largest absolute Gasteiger partial charge is 0.490 e. The van der Waals surface area contributed by atoms with Gasteiger partial charge in [-0.25, -0.2) is 0 Å². The fourth-order valence-electron chi connectivity index (χ4n) is 4.40. The Labute approximate surface area is 197 Å². The molecule has 1 atom stereocenters. The summed E-state index contributed by atoms with van der Waals surface area (Å²) in [5.41, 5.74) is 9.93. The van der Waals surface area contributed by atoms with Crippen LogP contribution >= 0.6 is 0 Å². The lowest BCUT2D eigenvalue weighted by Gasteiger charge is -2.24. The fourth-order valence-corrected chi connectivity index (χ4v) is 4.40. The van der Waals surface area contributed by atoms with Gasteiger partial charge in [0.25, 0.3) is 0 Å². The van der Waals surface area contributed by atoms with Gasteiger partial charge in [-0.15, -0.1) is 5.10 Å². The van der Waals surface area contributed by atoms with Crippen LogP contribution in [0.5, 0.6) is 17.4 Å². The molecule has 0 amide bonds. The third kappa shape index (κ3) is 3.69. The van der Waals surface area contributed by atoms with Crippen molar-refractivity contribution < 1.29 is 14.2 Å². The summed E-state index contributed by atoms with van der Waals surface area (Å²) in [5.74, 6) is 1.25. The van der Waals surface area contributed by atoms with E-state index in [2.05, 4.69) is 40.5 Å². The van der Waals surface area contributed by atoms with Crippen LogP contribution < -0.4 is 19.9 Å². The Morgan fingerprint density at radius 3 is 2.74 bits per heavy atom. The van der Waals surface area contributed by atoms with E-state index in [1.807, 2.05) is 50.2 Å². The van der Waals surface area contributed by atoms with Gasteiger partial charge in [0.05, 0.1) is 12.5 Å². The molecule has 7 nitrogen and oxygen atoms in total. The topological polar surface area (TPSA) is 106 Å². The lowest BCUT2D eigenvalue weighted by molar-refractivity contribution is 0.270. The van der Waals surface area contributed by atoms with Gasteiger partial charge in [-0.3, -0.25) is 5.10 Å². The third-order valence-electron chi connectivity index (χ3n) is 5.99. The molecular weight excluding hydrogens is 428 g/mol. The quantitative estimate of drug-likeness (QED) is 0.423. The molecule has 0 spiro atoms. The molecule has 1 aliphatic rings. The summed E-state index contributed by atoms with van der Waals surface area (Å²) in [5, 5.41) is 19.3. The predicted molar refractivity (Wildman–Crippen MR) is 129 cm³/mol. The van der Waals surface area contributed by atoms with Crippen LogP contribution in [0.1, 0.15) is 35.2 Å². The van der Waals surface area contributed by atoms with Crippen molar-refractivity contribution in [2.45, 2.75) is 26.4 Å². The Balaban J connectivity index is 1.50. The van der Waals surface area contributed by atoms with E-state index in [-0.39, 0.29) is 5.88 Å². The second-order valence-corrected chi connectivity index (χ2v) is 8.06. The molecule has 170 valence electrons. The smallest absolute Gasteiger partial charge is 0.244 e. The van der Waals surface area contributed by atoms with Gasteiger partial charge in [-0.1, -0.05) is 48.5 Å². The van der Waals surface area contributed by atoms with Crippen LogP contribution in [-0.2, 0) is 6.61 Å². The summed E-state index contributed by atoms with van der Waals surface area (Å²) in [6.45, 7) is 4.69. The molecule has 0 fully saturated rings. The van der Waals surface area contributed by atoms with Gasteiger partial charge in [-0.05, 0) is 47.9 Å². The average Bonchev–Trinajstić information content (AvgIpc) is 3.22. The first-order valence-corrected chi connectivity index (χ1v) is 11.1. The number of hydrogen-bond donors (Lipinski definition) is 2. The van der Waals surface area contributed by atoms with E-state index in [0.29, 0.717) is 36.2 Å². The van der Waals surface area contributed by atoms with Crippen molar-refractivity contribution in [3.05, 3.63) is 94.5 Å². The molecule has 0 radical (unpaired) electrons. The SMILES string of the molecule is CCOc1cc([C@@H]2C(C#N)=C(N)Oc3n[nH]c(C)c32)ccc1OCc1cccc2ccccc12. The summed E-state index contributed by atoms with van der Waals surface area (Å²) in [7, 11) is 0. The second-order valence-electron chi connectivity index (χ2n) is 8.06. The molecule has 0 bridgehead atoms. The molecule has 0 saturated carbocycles. The molecule has 5 rings (SSSR count). The van der Waals surface area contributed by atoms with Crippen molar-refractivity contribution >= 4 is 10.8 Å². The van der Waals surface area contributed by atoms with Gasteiger partial charge in [0.15, 0.2) is 11.5 Å². The Bertz CT molecular complexity index is 1440. The van der Waals surface area contributed by atoms with Gasteiger partial charge < -0.3 is 19.9 Å². The molecule has 3 aromatic carbocycles. The number of nitrogens with zero attached hydrogens (tertiary/aromatic N) is 2. The maximum absolute atomic E-state index is 9.82. The van der Waals surface area contributed by atoms with Gasteiger partial charge in [0, 0.05) is 11.3 Å². The first-order valence-electron chi connectivity index (χ1n) is 11.1. The maximum Gasteiger partial charge on any atom is 0.244 e. The van der Waals surface area contributed by atoms with Gasteiger partial charge >= 0.3 is 0 Å². The summed E-state index contributed by atoms with van der Waals surface area (Å²) < 4.78 is 17.7. The maximum atomic E-state index is 9.82. The molecule has 7 heteroatoms. The van der Waals surface area contributed by atoms with Crippen LogP contribution in [0.15, 0.2) is 72.1 Å². The van der Waals surface area contributed by atoms with E-state index in [4.69, 9.17) is 19.9 Å². The van der Waals surface area contributed by atoms with E-state index >= 15 is 0 Å². The van der Waals surface area contributed by atoms with Crippen molar-refractivity contribution in [3.63, 3.8) is 0 Å². The van der Waals surface area contributed by atoms with Crippen molar-refractivity contribution in [2.75, 3.05) is 6.61 Å². The number of aryl methyl sites for hydroxylation is 1. The van der Waals surface area contributed by atoms with Crippen LogP contribution in [0.4, 0.5) is 0 Å². The normalized spacial score (nSPS) is 14.9. The molecule has 0 aliphatic carbocycles. The standard InChI is InChI=1S/C27H24N4O3/c1-3-32-23-13-18(25-21(14-28)26(29)34-27-24(25)16(2)30-31-27)11-12-22(23)33-15-19-9-6-8-17-7-4-5-10-20(17)19/h4-13,25H,3,15,29H2,1-2H3,(H,30,31)/t25-/m1/s1.